The number of aromatic nitrogens is 3. The van der Waals surface area contributed by atoms with Gasteiger partial charge in [0.2, 0.25) is 0 Å². The van der Waals surface area contributed by atoms with Crippen LogP contribution in [0.1, 0.15) is 18.4 Å². The minimum absolute atomic E-state index is 0. The van der Waals surface area contributed by atoms with Crippen LogP contribution in [0.2, 0.25) is 0 Å². The van der Waals surface area contributed by atoms with Crippen molar-refractivity contribution in [3.05, 3.63) is 48.3 Å². The molecule has 3 aromatic rings. The number of carboxylic acid groups (broad SMARTS) is 1. The van der Waals surface area contributed by atoms with Crippen LogP contribution in [0.15, 0.2) is 42.7 Å². The lowest BCUT2D eigenvalue weighted by Crippen LogP contribution is -2.37. The SMILES string of the molecule is Cc1ccnc(Nc2cccc(-c3cnc(N4CCCC(COCC(=O)O)C4)s3)n2)c1.Cl.Cl. The van der Waals surface area contributed by atoms with Crippen LogP contribution in [0.4, 0.5) is 16.8 Å². The third kappa shape index (κ3) is 7.53. The van der Waals surface area contributed by atoms with E-state index in [0.29, 0.717) is 12.5 Å². The monoisotopic (exact) mass is 511 g/mol. The van der Waals surface area contributed by atoms with E-state index in [9.17, 15) is 4.79 Å². The molecule has 0 aromatic carbocycles. The first-order valence-electron chi connectivity index (χ1n) is 10.2. The van der Waals surface area contributed by atoms with Gasteiger partial charge in [-0.05, 0) is 55.5 Å². The maximum absolute atomic E-state index is 10.6. The molecule has 8 nitrogen and oxygen atoms in total. The molecular weight excluding hydrogens is 485 g/mol. The largest absolute Gasteiger partial charge is 0.480 e. The number of carbonyl (C=O) groups is 1. The summed E-state index contributed by atoms with van der Waals surface area (Å²) in [6.45, 7) is 4.01. The van der Waals surface area contributed by atoms with Crippen LogP contribution in [0, 0.1) is 12.8 Å². The smallest absolute Gasteiger partial charge is 0.329 e. The van der Waals surface area contributed by atoms with Crippen LogP contribution >= 0.6 is 36.2 Å². The van der Waals surface area contributed by atoms with Crippen molar-refractivity contribution in [1.82, 2.24) is 15.0 Å². The van der Waals surface area contributed by atoms with Crippen LogP contribution < -0.4 is 10.2 Å². The number of nitrogens with one attached hydrogen (secondary N) is 1. The number of piperidine rings is 1. The first-order chi connectivity index (χ1) is 15.1. The molecular formula is C22H27Cl2N5O3S. The van der Waals surface area contributed by atoms with E-state index in [1.54, 1.807) is 17.5 Å². The van der Waals surface area contributed by atoms with Gasteiger partial charge in [-0.25, -0.2) is 19.7 Å². The van der Waals surface area contributed by atoms with Gasteiger partial charge in [-0.3, -0.25) is 0 Å². The molecule has 1 unspecified atom stereocenters. The van der Waals surface area contributed by atoms with E-state index >= 15 is 0 Å². The number of anilines is 3. The van der Waals surface area contributed by atoms with Crippen molar-refractivity contribution < 1.29 is 14.6 Å². The van der Waals surface area contributed by atoms with Gasteiger partial charge >= 0.3 is 5.97 Å². The normalized spacial score (nSPS) is 15.3. The third-order valence-electron chi connectivity index (χ3n) is 5.04. The average molecular weight is 512 g/mol. The summed E-state index contributed by atoms with van der Waals surface area (Å²) in [5, 5.41) is 13.0. The number of halogens is 2. The minimum atomic E-state index is -0.931. The highest BCUT2D eigenvalue weighted by atomic mass is 35.5. The maximum atomic E-state index is 10.6. The van der Waals surface area contributed by atoms with Crippen molar-refractivity contribution in [1.29, 1.82) is 0 Å². The number of thiazole rings is 1. The molecule has 0 spiro atoms. The van der Waals surface area contributed by atoms with Crippen molar-refractivity contribution in [3.63, 3.8) is 0 Å². The lowest BCUT2D eigenvalue weighted by molar-refractivity contribution is -0.142. The van der Waals surface area contributed by atoms with E-state index in [0.717, 1.165) is 58.8 Å². The summed E-state index contributed by atoms with van der Waals surface area (Å²) < 4.78 is 5.30. The number of rotatable bonds is 8. The number of aryl methyl sites for hydroxylation is 1. The Balaban J connectivity index is 0.00000193. The molecule has 0 bridgehead atoms. The molecule has 4 heterocycles. The molecule has 2 N–H and O–H groups in total. The van der Waals surface area contributed by atoms with Gasteiger partial charge in [0.15, 0.2) is 5.13 Å². The Labute approximate surface area is 209 Å². The van der Waals surface area contributed by atoms with E-state index < -0.39 is 5.97 Å². The zero-order valence-corrected chi connectivity index (χ0v) is 20.6. The summed E-state index contributed by atoms with van der Waals surface area (Å²) in [7, 11) is 0. The molecule has 0 saturated carbocycles. The first-order valence-corrected chi connectivity index (χ1v) is 11.1. The topological polar surface area (TPSA) is 100 Å². The molecule has 0 radical (unpaired) electrons. The summed E-state index contributed by atoms with van der Waals surface area (Å²) in [6, 6.07) is 9.80. The van der Waals surface area contributed by atoms with E-state index in [1.165, 1.54) is 0 Å². The molecule has 0 aliphatic carbocycles. The minimum Gasteiger partial charge on any atom is -0.480 e. The quantitative estimate of drug-likeness (QED) is 0.444. The predicted molar refractivity (Wildman–Crippen MR) is 135 cm³/mol. The number of pyridine rings is 2. The van der Waals surface area contributed by atoms with Crippen LogP contribution in [0.25, 0.3) is 10.6 Å². The summed E-state index contributed by atoms with van der Waals surface area (Å²) in [5.41, 5.74) is 1.99. The molecule has 3 aromatic heterocycles. The highest BCUT2D eigenvalue weighted by Crippen LogP contribution is 2.33. The molecule has 11 heteroatoms. The zero-order chi connectivity index (χ0) is 21.6. The molecule has 1 aliphatic rings. The molecule has 4 rings (SSSR count). The Morgan fingerprint density at radius 1 is 1.27 bits per heavy atom. The molecule has 0 amide bonds. The van der Waals surface area contributed by atoms with Crippen LogP contribution in [-0.2, 0) is 9.53 Å². The maximum Gasteiger partial charge on any atom is 0.329 e. The molecule has 1 fully saturated rings. The van der Waals surface area contributed by atoms with Gasteiger partial charge in [-0.15, -0.1) is 24.8 Å². The number of carboxylic acids is 1. The van der Waals surface area contributed by atoms with Crippen molar-refractivity contribution >= 4 is 58.9 Å². The van der Waals surface area contributed by atoms with Crippen molar-refractivity contribution in [2.45, 2.75) is 19.8 Å². The molecule has 178 valence electrons. The van der Waals surface area contributed by atoms with E-state index in [2.05, 4.69) is 20.2 Å². The molecule has 1 aliphatic heterocycles. The lowest BCUT2D eigenvalue weighted by atomic mass is 9.99. The number of nitrogens with zero attached hydrogens (tertiary/aromatic N) is 4. The second-order valence-electron chi connectivity index (χ2n) is 7.62. The number of hydrogen-bond acceptors (Lipinski definition) is 8. The average Bonchev–Trinajstić information content (AvgIpc) is 3.24. The third-order valence-corrected chi connectivity index (χ3v) is 6.12. The van der Waals surface area contributed by atoms with Gasteiger partial charge in [0, 0.05) is 25.5 Å². The van der Waals surface area contributed by atoms with E-state index in [4.69, 9.17) is 14.8 Å². The zero-order valence-electron chi connectivity index (χ0n) is 18.1. The number of hydrogen-bond donors (Lipinski definition) is 2. The highest BCUT2D eigenvalue weighted by molar-refractivity contribution is 7.18. The summed E-state index contributed by atoms with van der Waals surface area (Å²) >= 11 is 1.61. The van der Waals surface area contributed by atoms with Gasteiger partial charge < -0.3 is 20.1 Å². The van der Waals surface area contributed by atoms with Crippen LogP contribution in [-0.4, -0.2) is 52.3 Å². The Kier molecular flexibility index (Phi) is 10.3. The van der Waals surface area contributed by atoms with Gasteiger partial charge in [0.25, 0.3) is 0 Å². The second kappa shape index (κ2) is 12.7. The molecule has 1 atom stereocenters. The molecule has 33 heavy (non-hydrogen) atoms. The summed E-state index contributed by atoms with van der Waals surface area (Å²) in [5.74, 6) is 0.880. The number of ether oxygens (including phenoxy) is 1. The van der Waals surface area contributed by atoms with Crippen molar-refractivity contribution in [2.24, 2.45) is 5.92 Å². The molecule has 1 saturated heterocycles. The predicted octanol–water partition coefficient (Wildman–Crippen LogP) is 4.81. The first kappa shape index (κ1) is 26.8. The highest BCUT2D eigenvalue weighted by Gasteiger charge is 2.23. The fourth-order valence-electron chi connectivity index (χ4n) is 3.59. The van der Waals surface area contributed by atoms with Crippen LogP contribution in [0.3, 0.4) is 0 Å². The van der Waals surface area contributed by atoms with Gasteiger partial charge in [0.1, 0.15) is 18.2 Å². The number of aliphatic carboxylic acids is 1. The fourth-order valence-corrected chi connectivity index (χ4v) is 4.52. The standard InChI is InChI=1S/C22H25N5O3S.2ClH/c1-15-7-8-23-20(10-15)26-19-6-2-5-17(25-19)18-11-24-22(31-18)27-9-3-4-16(12-27)13-30-14-21(28)29;;/h2,5-8,10-11,16H,3-4,9,12-14H2,1H3,(H,28,29)(H,23,25,26);2*1H. The van der Waals surface area contributed by atoms with Crippen molar-refractivity contribution in [3.8, 4) is 10.6 Å². The van der Waals surface area contributed by atoms with E-state index in [1.807, 2.05) is 43.5 Å². The summed E-state index contributed by atoms with van der Waals surface area (Å²) in [6.07, 6.45) is 5.71. The van der Waals surface area contributed by atoms with Crippen LogP contribution in [0.5, 0.6) is 0 Å². The Hall–Kier alpha value is -2.46. The van der Waals surface area contributed by atoms with Gasteiger partial charge in [-0.1, -0.05) is 17.4 Å². The van der Waals surface area contributed by atoms with E-state index in [-0.39, 0.29) is 31.4 Å². The second-order valence-corrected chi connectivity index (χ2v) is 8.63. The Bertz CT molecular complexity index is 1050. The van der Waals surface area contributed by atoms with Crippen molar-refractivity contribution in [2.75, 3.05) is 36.5 Å². The Morgan fingerprint density at radius 2 is 2.12 bits per heavy atom. The van der Waals surface area contributed by atoms with Gasteiger partial charge in [-0.2, -0.15) is 0 Å². The lowest BCUT2D eigenvalue weighted by Gasteiger charge is -2.32. The summed E-state index contributed by atoms with van der Waals surface area (Å²) in [4.78, 5) is 27.6. The Morgan fingerprint density at radius 3 is 2.91 bits per heavy atom. The fraction of sp³-hybridized carbons (Fsp3) is 0.364. The van der Waals surface area contributed by atoms with Gasteiger partial charge in [0.05, 0.1) is 17.2 Å².